The van der Waals surface area contributed by atoms with Gasteiger partial charge in [-0.2, -0.15) is 0 Å². The summed E-state index contributed by atoms with van der Waals surface area (Å²) >= 11 is 0. The Morgan fingerprint density at radius 3 is 2.84 bits per heavy atom. The second-order valence-corrected chi connectivity index (χ2v) is 7.42. The van der Waals surface area contributed by atoms with Gasteiger partial charge in [-0.25, -0.2) is 4.79 Å². The van der Waals surface area contributed by atoms with E-state index < -0.39 is 5.60 Å². The van der Waals surface area contributed by atoms with Crippen molar-refractivity contribution in [2.24, 2.45) is 0 Å². The topological polar surface area (TPSA) is 32.8 Å². The number of nitrogens with zero attached hydrogens (tertiary/aromatic N) is 2. The summed E-state index contributed by atoms with van der Waals surface area (Å²) < 4.78 is 5.86. The van der Waals surface area contributed by atoms with Gasteiger partial charge in [-0.15, -0.1) is 0 Å². The Morgan fingerprint density at radius 2 is 2.12 bits per heavy atom. The monoisotopic (exact) mass is 342 g/mol. The molecule has 0 aliphatic carbocycles. The van der Waals surface area contributed by atoms with Crippen LogP contribution < -0.4 is 0 Å². The maximum Gasteiger partial charge on any atom is 0.332 e. The lowest BCUT2D eigenvalue weighted by Gasteiger charge is -2.45. The summed E-state index contributed by atoms with van der Waals surface area (Å²) in [6.07, 6.45) is 7.37. The van der Waals surface area contributed by atoms with E-state index in [1.54, 1.807) is 6.08 Å². The van der Waals surface area contributed by atoms with Gasteiger partial charge in [0.25, 0.3) is 0 Å². The zero-order chi connectivity index (χ0) is 18.0. The fraction of sp³-hybridized carbons (Fsp3) is 0.667. The zero-order valence-corrected chi connectivity index (χ0v) is 16.0. The lowest BCUT2D eigenvalue weighted by atomic mass is 9.81. The quantitative estimate of drug-likeness (QED) is 0.583. The molecule has 25 heavy (non-hydrogen) atoms. The van der Waals surface area contributed by atoms with Crippen molar-refractivity contribution in [1.29, 1.82) is 0 Å². The number of carbonyl (C=O) groups is 1. The molecule has 0 aromatic heterocycles. The van der Waals surface area contributed by atoms with E-state index in [9.17, 15) is 4.79 Å². The van der Waals surface area contributed by atoms with Crippen LogP contribution in [0.5, 0.6) is 0 Å². The average Bonchev–Trinajstić information content (AvgIpc) is 2.89. The van der Waals surface area contributed by atoms with Crippen LogP contribution in [0.15, 0.2) is 23.3 Å². The fourth-order valence-corrected chi connectivity index (χ4v) is 4.41. The standard InChI is InChI=1S/C21H30N2O2/c1-5-22(6-2)12-9-10-17-14-16(3)23-13-8-7-11-19(23)21(4)18(17)15-20(24)25-21/h14-16,19H,5-8,11-13H2,1-4H3/t16-,19+,21-/m0/s1. The van der Waals surface area contributed by atoms with Gasteiger partial charge in [0.05, 0.1) is 12.6 Å². The third-order valence-electron chi connectivity index (χ3n) is 5.93. The van der Waals surface area contributed by atoms with E-state index in [0.29, 0.717) is 6.04 Å². The van der Waals surface area contributed by atoms with Gasteiger partial charge >= 0.3 is 5.97 Å². The zero-order valence-electron chi connectivity index (χ0n) is 16.0. The molecule has 0 aromatic rings. The second-order valence-electron chi connectivity index (χ2n) is 7.42. The summed E-state index contributed by atoms with van der Waals surface area (Å²) in [7, 11) is 0. The molecule has 0 unspecified atom stereocenters. The van der Waals surface area contributed by atoms with Crippen molar-refractivity contribution in [3.63, 3.8) is 0 Å². The van der Waals surface area contributed by atoms with Crippen molar-refractivity contribution in [3.8, 4) is 11.8 Å². The molecule has 0 N–H and O–H groups in total. The van der Waals surface area contributed by atoms with Crippen LogP contribution in [-0.4, -0.2) is 59.6 Å². The molecule has 1 saturated heterocycles. The summed E-state index contributed by atoms with van der Waals surface area (Å²) in [5.74, 6) is 6.45. The highest BCUT2D eigenvalue weighted by atomic mass is 16.6. The van der Waals surface area contributed by atoms with E-state index in [2.05, 4.69) is 55.4 Å². The summed E-state index contributed by atoms with van der Waals surface area (Å²) in [6, 6.07) is 0.553. The van der Waals surface area contributed by atoms with Gasteiger partial charge < -0.3 is 4.74 Å². The number of hydrogen-bond acceptors (Lipinski definition) is 4. The maximum atomic E-state index is 12.1. The highest BCUT2D eigenvalue weighted by molar-refractivity contribution is 5.89. The van der Waals surface area contributed by atoms with Crippen LogP contribution in [0.25, 0.3) is 0 Å². The van der Waals surface area contributed by atoms with Gasteiger partial charge in [0.15, 0.2) is 5.60 Å². The van der Waals surface area contributed by atoms with Crippen molar-refractivity contribution < 1.29 is 9.53 Å². The molecular weight excluding hydrogens is 312 g/mol. The first kappa shape index (κ1) is 18.2. The Labute approximate surface area is 151 Å². The van der Waals surface area contributed by atoms with Crippen molar-refractivity contribution in [2.45, 2.75) is 64.6 Å². The van der Waals surface area contributed by atoms with Gasteiger partial charge in [0, 0.05) is 23.3 Å². The lowest BCUT2D eigenvalue weighted by molar-refractivity contribution is -0.151. The molecule has 0 bridgehead atoms. The molecule has 0 aromatic carbocycles. The van der Waals surface area contributed by atoms with Gasteiger partial charge in [-0.3, -0.25) is 9.80 Å². The molecular formula is C21H30N2O2. The normalized spacial score (nSPS) is 32.0. The van der Waals surface area contributed by atoms with Crippen LogP contribution in [0, 0.1) is 11.8 Å². The highest BCUT2D eigenvalue weighted by Crippen LogP contribution is 2.44. The van der Waals surface area contributed by atoms with Crippen LogP contribution in [0.2, 0.25) is 0 Å². The number of esters is 1. The number of hydrogen-bond donors (Lipinski definition) is 0. The van der Waals surface area contributed by atoms with E-state index in [1.807, 2.05) is 0 Å². The first-order valence-corrected chi connectivity index (χ1v) is 9.64. The maximum absolute atomic E-state index is 12.1. The van der Waals surface area contributed by atoms with Crippen LogP contribution >= 0.6 is 0 Å². The molecule has 3 aliphatic heterocycles. The Balaban J connectivity index is 1.95. The average molecular weight is 342 g/mol. The Morgan fingerprint density at radius 1 is 1.36 bits per heavy atom. The predicted molar refractivity (Wildman–Crippen MR) is 100 cm³/mol. The smallest absolute Gasteiger partial charge is 0.332 e. The number of ether oxygens (including phenoxy) is 1. The van der Waals surface area contributed by atoms with E-state index in [-0.39, 0.29) is 12.0 Å². The minimum Gasteiger partial charge on any atom is -0.450 e. The third kappa shape index (κ3) is 3.41. The highest BCUT2D eigenvalue weighted by Gasteiger charge is 2.51. The van der Waals surface area contributed by atoms with E-state index >= 15 is 0 Å². The molecule has 4 heteroatoms. The van der Waals surface area contributed by atoms with E-state index in [4.69, 9.17) is 4.74 Å². The first-order chi connectivity index (χ1) is 12.0. The van der Waals surface area contributed by atoms with Crippen molar-refractivity contribution in [2.75, 3.05) is 26.2 Å². The summed E-state index contributed by atoms with van der Waals surface area (Å²) in [4.78, 5) is 16.9. The summed E-state index contributed by atoms with van der Waals surface area (Å²) in [5, 5.41) is 0. The van der Waals surface area contributed by atoms with Gasteiger partial charge in [-0.1, -0.05) is 38.2 Å². The van der Waals surface area contributed by atoms with Crippen molar-refractivity contribution in [3.05, 3.63) is 23.3 Å². The molecule has 3 aliphatic rings. The summed E-state index contributed by atoms with van der Waals surface area (Å²) in [5.41, 5.74) is 1.38. The molecule has 1 fully saturated rings. The molecule has 3 atom stereocenters. The lowest BCUT2D eigenvalue weighted by Crippen LogP contribution is -2.55. The SMILES string of the molecule is CCN(CC)CC#CC1=C[C@H](C)N2CCCC[C@@H]2[C@@]2(C)OC(=O)C=C12. The van der Waals surface area contributed by atoms with Gasteiger partial charge in [0.1, 0.15) is 0 Å². The minimum absolute atomic E-state index is 0.228. The van der Waals surface area contributed by atoms with Crippen LogP contribution in [-0.2, 0) is 9.53 Å². The Bertz CT molecular complexity index is 651. The number of piperidine rings is 1. The molecule has 0 radical (unpaired) electrons. The number of fused-ring (bicyclic) bond motifs is 3. The summed E-state index contributed by atoms with van der Waals surface area (Å²) in [6.45, 7) is 12.4. The molecule has 0 amide bonds. The molecule has 0 spiro atoms. The third-order valence-corrected chi connectivity index (χ3v) is 5.93. The van der Waals surface area contributed by atoms with E-state index in [1.165, 1.54) is 12.8 Å². The molecule has 3 heterocycles. The van der Waals surface area contributed by atoms with E-state index in [0.717, 1.165) is 43.7 Å². The minimum atomic E-state index is -0.571. The molecule has 136 valence electrons. The molecule has 4 nitrogen and oxygen atoms in total. The van der Waals surface area contributed by atoms with Gasteiger partial charge in [0.2, 0.25) is 0 Å². The van der Waals surface area contributed by atoms with Gasteiger partial charge in [-0.05, 0) is 46.3 Å². The first-order valence-electron chi connectivity index (χ1n) is 9.64. The second kappa shape index (κ2) is 7.35. The molecule has 3 rings (SSSR count). The predicted octanol–water partition coefficient (Wildman–Crippen LogP) is 2.76. The van der Waals surface area contributed by atoms with Crippen LogP contribution in [0.4, 0.5) is 0 Å². The molecule has 0 saturated carbocycles. The van der Waals surface area contributed by atoms with Crippen molar-refractivity contribution >= 4 is 5.97 Å². The van der Waals surface area contributed by atoms with Crippen molar-refractivity contribution in [1.82, 2.24) is 9.80 Å². The van der Waals surface area contributed by atoms with Crippen LogP contribution in [0.1, 0.15) is 47.0 Å². The van der Waals surface area contributed by atoms with Crippen LogP contribution in [0.3, 0.4) is 0 Å². The number of carbonyl (C=O) groups excluding carboxylic acids is 1. The Kier molecular flexibility index (Phi) is 5.36. The Hall–Kier alpha value is -1.57. The fourth-order valence-electron chi connectivity index (χ4n) is 4.41. The number of rotatable bonds is 3. The largest absolute Gasteiger partial charge is 0.450 e.